The van der Waals surface area contributed by atoms with Crippen LogP contribution in [0.2, 0.25) is 0 Å². The summed E-state index contributed by atoms with van der Waals surface area (Å²) in [7, 11) is 1.71. The van der Waals surface area contributed by atoms with E-state index in [4.69, 9.17) is 14.6 Å². The van der Waals surface area contributed by atoms with E-state index < -0.39 is 0 Å². The largest absolute Gasteiger partial charge is 0.494 e. The minimum absolute atomic E-state index is 0.616. The first-order valence-corrected chi connectivity index (χ1v) is 13.4. The Morgan fingerprint density at radius 2 is 1.63 bits per heavy atom. The zero-order chi connectivity index (χ0) is 26.6. The number of piperazine rings is 1. The molecule has 5 rings (SSSR count). The van der Waals surface area contributed by atoms with Gasteiger partial charge in [-0.1, -0.05) is 42.5 Å². The van der Waals surface area contributed by atoms with Crippen molar-refractivity contribution in [3.63, 3.8) is 0 Å². The predicted molar refractivity (Wildman–Crippen MR) is 155 cm³/mol. The van der Waals surface area contributed by atoms with Gasteiger partial charge in [0.15, 0.2) is 5.82 Å². The maximum absolute atomic E-state index is 5.79. The first-order valence-electron chi connectivity index (χ1n) is 13.4. The van der Waals surface area contributed by atoms with E-state index in [1.807, 2.05) is 32.0 Å². The van der Waals surface area contributed by atoms with Crippen LogP contribution in [0, 0.1) is 20.8 Å². The van der Waals surface area contributed by atoms with Crippen LogP contribution < -0.4 is 14.4 Å². The van der Waals surface area contributed by atoms with Gasteiger partial charge >= 0.3 is 0 Å². The molecule has 1 aliphatic heterocycles. The first-order chi connectivity index (χ1) is 18.5. The lowest BCUT2D eigenvalue weighted by atomic mass is 10.1. The van der Waals surface area contributed by atoms with Crippen molar-refractivity contribution in [3.8, 4) is 17.2 Å². The van der Waals surface area contributed by atoms with E-state index in [0.29, 0.717) is 6.61 Å². The fourth-order valence-electron chi connectivity index (χ4n) is 5.50. The molecule has 38 heavy (non-hydrogen) atoms. The summed E-state index contributed by atoms with van der Waals surface area (Å²) >= 11 is 0. The number of benzene rings is 2. The molecular weight excluding hydrogens is 474 g/mol. The number of fused-ring (bicyclic) bond motifs is 1. The fourth-order valence-corrected chi connectivity index (χ4v) is 5.50. The van der Waals surface area contributed by atoms with Crippen LogP contribution in [0.5, 0.6) is 11.5 Å². The van der Waals surface area contributed by atoms with Gasteiger partial charge < -0.3 is 18.9 Å². The molecular formula is C31H37N5O2. The van der Waals surface area contributed by atoms with Crippen molar-refractivity contribution >= 4 is 22.7 Å². The van der Waals surface area contributed by atoms with E-state index in [2.05, 4.69) is 75.8 Å². The van der Waals surface area contributed by atoms with Crippen LogP contribution in [-0.4, -0.2) is 66.1 Å². The Hall–Kier alpha value is -3.84. The number of aryl methyl sites for hydroxylation is 3. The van der Waals surface area contributed by atoms with Crippen molar-refractivity contribution < 1.29 is 9.47 Å². The van der Waals surface area contributed by atoms with Gasteiger partial charge in [-0.05, 0) is 45.4 Å². The van der Waals surface area contributed by atoms with Crippen molar-refractivity contribution in [2.75, 3.05) is 51.3 Å². The number of hydrogen-bond donors (Lipinski definition) is 0. The molecule has 1 fully saturated rings. The van der Waals surface area contributed by atoms with Crippen LogP contribution in [-0.2, 0) is 0 Å². The highest BCUT2D eigenvalue weighted by atomic mass is 16.5. The van der Waals surface area contributed by atoms with Crippen LogP contribution in [0.15, 0.2) is 54.6 Å². The smallest absolute Gasteiger partial charge is 0.161 e. The van der Waals surface area contributed by atoms with Crippen molar-refractivity contribution in [1.29, 1.82) is 0 Å². The standard InChI is InChI=1S/C31H37N5O2/c1-6-38-26-14-15-27(28(21-26)37-5)36-23(3)29-22(2)32-33-31(30(29)24(36)4)35-19-17-34(18-20-35)16-10-13-25-11-8-7-9-12-25/h7-15,21H,6,16-20H2,1-5H3. The molecule has 2 aromatic heterocycles. The molecule has 0 unspecified atom stereocenters. The fraction of sp³-hybridized carbons (Fsp3) is 0.355. The third-order valence-corrected chi connectivity index (χ3v) is 7.37. The lowest BCUT2D eigenvalue weighted by Gasteiger charge is -2.35. The van der Waals surface area contributed by atoms with E-state index in [-0.39, 0.29) is 0 Å². The third kappa shape index (κ3) is 4.98. The Bertz CT molecular complexity index is 1440. The Balaban J connectivity index is 1.42. The number of nitrogens with zero attached hydrogens (tertiary/aromatic N) is 5. The number of rotatable bonds is 8. The van der Waals surface area contributed by atoms with Crippen LogP contribution in [0.3, 0.4) is 0 Å². The SMILES string of the molecule is CCOc1ccc(-n2c(C)c3c(C)nnc(N4CCN(CC=Cc5ccccc5)CC4)c3c2C)c(OC)c1. The Labute approximate surface area is 225 Å². The zero-order valence-corrected chi connectivity index (χ0v) is 23.1. The molecule has 4 aromatic rings. The maximum Gasteiger partial charge on any atom is 0.161 e. The summed E-state index contributed by atoms with van der Waals surface area (Å²) in [6, 6.07) is 16.5. The average Bonchev–Trinajstić information content (AvgIpc) is 3.21. The molecule has 0 radical (unpaired) electrons. The van der Waals surface area contributed by atoms with Gasteiger partial charge in [-0.3, -0.25) is 4.90 Å². The van der Waals surface area contributed by atoms with Crippen LogP contribution in [0.4, 0.5) is 5.82 Å². The van der Waals surface area contributed by atoms with E-state index in [0.717, 1.165) is 78.2 Å². The lowest BCUT2D eigenvalue weighted by Crippen LogP contribution is -2.46. The van der Waals surface area contributed by atoms with E-state index in [1.165, 1.54) is 10.9 Å². The van der Waals surface area contributed by atoms with Crippen LogP contribution in [0.1, 0.15) is 29.6 Å². The van der Waals surface area contributed by atoms with Gasteiger partial charge in [0.05, 0.1) is 25.1 Å². The van der Waals surface area contributed by atoms with E-state index in [9.17, 15) is 0 Å². The summed E-state index contributed by atoms with van der Waals surface area (Å²) in [6.07, 6.45) is 4.46. The van der Waals surface area contributed by atoms with Crippen LogP contribution in [0.25, 0.3) is 22.5 Å². The highest BCUT2D eigenvalue weighted by Gasteiger charge is 2.25. The molecule has 0 spiro atoms. The maximum atomic E-state index is 5.79. The normalized spacial score (nSPS) is 14.5. The van der Waals surface area contributed by atoms with Gasteiger partial charge in [-0.2, -0.15) is 5.10 Å². The van der Waals surface area contributed by atoms with E-state index in [1.54, 1.807) is 7.11 Å². The number of aromatic nitrogens is 3. The molecule has 1 saturated heterocycles. The molecule has 3 heterocycles. The first kappa shape index (κ1) is 25.8. The highest BCUT2D eigenvalue weighted by Crippen LogP contribution is 2.38. The summed E-state index contributed by atoms with van der Waals surface area (Å²) in [5, 5.41) is 11.7. The molecule has 0 amide bonds. The number of ether oxygens (including phenoxy) is 2. The third-order valence-electron chi connectivity index (χ3n) is 7.37. The summed E-state index contributed by atoms with van der Waals surface area (Å²) in [6.45, 7) is 13.7. The molecule has 0 atom stereocenters. The molecule has 198 valence electrons. The van der Waals surface area contributed by atoms with Crippen molar-refractivity contribution in [2.24, 2.45) is 0 Å². The summed E-state index contributed by atoms with van der Waals surface area (Å²) in [5.41, 5.74) is 5.45. The molecule has 0 bridgehead atoms. The second kappa shape index (κ2) is 11.3. The van der Waals surface area contributed by atoms with Crippen molar-refractivity contribution in [2.45, 2.75) is 27.7 Å². The quantitative estimate of drug-likeness (QED) is 0.307. The zero-order valence-electron chi connectivity index (χ0n) is 23.1. The molecule has 0 aliphatic carbocycles. The Morgan fingerprint density at radius 3 is 2.34 bits per heavy atom. The van der Waals surface area contributed by atoms with E-state index >= 15 is 0 Å². The Morgan fingerprint density at radius 1 is 0.895 bits per heavy atom. The summed E-state index contributed by atoms with van der Waals surface area (Å²) in [4.78, 5) is 4.88. The molecule has 1 aliphatic rings. The van der Waals surface area contributed by atoms with Crippen molar-refractivity contribution in [3.05, 3.63) is 77.3 Å². The molecule has 7 heteroatoms. The second-order valence-electron chi connectivity index (χ2n) is 9.73. The van der Waals surface area contributed by atoms with Crippen molar-refractivity contribution in [1.82, 2.24) is 19.7 Å². The summed E-state index contributed by atoms with van der Waals surface area (Å²) < 4.78 is 13.8. The van der Waals surface area contributed by atoms with Gasteiger partial charge in [0.2, 0.25) is 0 Å². The van der Waals surface area contributed by atoms with Gasteiger partial charge in [-0.25, -0.2) is 0 Å². The van der Waals surface area contributed by atoms with Gasteiger partial charge in [-0.15, -0.1) is 5.10 Å². The van der Waals surface area contributed by atoms with Gasteiger partial charge in [0.1, 0.15) is 11.5 Å². The lowest BCUT2D eigenvalue weighted by molar-refractivity contribution is 0.284. The number of anilines is 1. The number of hydrogen-bond acceptors (Lipinski definition) is 6. The average molecular weight is 512 g/mol. The molecule has 0 N–H and O–H groups in total. The topological polar surface area (TPSA) is 55.7 Å². The highest BCUT2D eigenvalue weighted by molar-refractivity contribution is 5.99. The van der Waals surface area contributed by atoms with Gasteiger partial charge in [0.25, 0.3) is 0 Å². The predicted octanol–water partition coefficient (Wildman–Crippen LogP) is 5.59. The van der Waals surface area contributed by atoms with Crippen LogP contribution >= 0.6 is 0 Å². The second-order valence-corrected chi connectivity index (χ2v) is 9.73. The molecule has 2 aromatic carbocycles. The minimum Gasteiger partial charge on any atom is -0.494 e. The number of methoxy groups -OCH3 is 1. The van der Waals surface area contributed by atoms with Gasteiger partial charge in [0, 0.05) is 61.0 Å². The monoisotopic (exact) mass is 511 g/mol. The Kier molecular flexibility index (Phi) is 7.65. The molecule has 0 saturated carbocycles. The molecule has 7 nitrogen and oxygen atoms in total. The summed E-state index contributed by atoms with van der Waals surface area (Å²) in [5.74, 6) is 2.55. The minimum atomic E-state index is 0.616.